The smallest absolute Gasteiger partial charge is 0.0258 e. The highest BCUT2D eigenvalue weighted by Crippen LogP contribution is 2.10. The number of piperazine rings is 1. The van der Waals surface area contributed by atoms with Gasteiger partial charge in [0.15, 0.2) is 0 Å². The van der Waals surface area contributed by atoms with Crippen molar-refractivity contribution in [3.8, 4) is 0 Å². The van der Waals surface area contributed by atoms with E-state index in [0.717, 1.165) is 26.1 Å². The summed E-state index contributed by atoms with van der Waals surface area (Å²) in [7, 11) is 2.22. The monoisotopic (exact) mass is 204 g/mol. The highest BCUT2D eigenvalue weighted by atomic mass is 15.2. The first kappa shape index (κ1) is 10.7. The average Bonchev–Trinajstić information content (AvgIpc) is 2.25. The van der Waals surface area contributed by atoms with Gasteiger partial charge in [0, 0.05) is 25.7 Å². The molecule has 1 unspecified atom stereocenters. The summed E-state index contributed by atoms with van der Waals surface area (Å²) in [5.74, 6) is 0. The van der Waals surface area contributed by atoms with Crippen molar-refractivity contribution in [2.75, 3.05) is 26.7 Å². The van der Waals surface area contributed by atoms with Gasteiger partial charge in [0.05, 0.1) is 0 Å². The second kappa shape index (κ2) is 4.77. The molecule has 15 heavy (non-hydrogen) atoms. The number of likely N-dealkylation sites (N-methyl/N-ethyl adjacent to an activating group) is 1. The molecule has 1 aliphatic rings. The summed E-state index contributed by atoms with van der Waals surface area (Å²) in [6, 6.07) is 9.55. The molecule has 0 bridgehead atoms. The van der Waals surface area contributed by atoms with Crippen molar-refractivity contribution in [3.63, 3.8) is 0 Å². The van der Waals surface area contributed by atoms with Crippen LogP contribution in [0.5, 0.6) is 0 Å². The molecule has 1 fully saturated rings. The van der Waals surface area contributed by atoms with Crippen molar-refractivity contribution in [1.82, 2.24) is 10.2 Å². The predicted octanol–water partition coefficient (Wildman–Crippen LogP) is 1.44. The molecule has 1 N–H and O–H groups in total. The molecular formula is C13H20N2. The number of benzene rings is 1. The highest BCUT2D eigenvalue weighted by molar-refractivity contribution is 5.22. The van der Waals surface area contributed by atoms with Crippen LogP contribution in [-0.4, -0.2) is 37.6 Å². The van der Waals surface area contributed by atoms with Gasteiger partial charge in [-0.05, 0) is 26.0 Å². The molecule has 0 aromatic heterocycles. The van der Waals surface area contributed by atoms with Crippen LogP contribution in [0.3, 0.4) is 0 Å². The maximum Gasteiger partial charge on any atom is 0.0258 e. The van der Waals surface area contributed by atoms with E-state index in [0.29, 0.717) is 6.04 Å². The molecule has 0 saturated carbocycles. The Bertz CT molecular complexity index is 305. The summed E-state index contributed by atoms with van der Waals surface area (Å²) in [5, 5.41) is 3.46. The first-order valence-corrected chi connectivity index (χ1v) is 5.72. The number of aryl methyl sites for hydroxylation is 1. The molecule has 1 atom stereocenters. The van der Waals surface area contributed by atoms with Crippen molar-refractivity contribution in [3.05, 3.63) is 35.4 Å². The van der Waals surface area contributed by atoms with Crippen molar-refractivity contribution in [2.24, 2.45) is 0 Å². The second-order valence-electron chi connectivity index (χ2n) is 4.53. The minimum absolute atomic E-state index is 0.654. The molecule has 1 aromatic rings. The lowest BCUT2D eigenvalue weighted by Gasteiger charge is -2.33. The highest BCUT2D eigenvalue weighted by Gasteiger charge is 2.18. The van der Waals surface area contributed by atoms with E-state index in [1.165, 1.54) is 11.1 Å². The summed E-state index contributed by atoms with van der Waals surface area (Å²) in [6.45, 7) is 5.54. The van der Waals surface area contributed by atoms with Crippen molar-refractivity contribution in [2.45, 2.75) is 19.4 Å². The summed E-state index contributed by atoms with van der Waals surface area (Å²) < 4.78 is 0. The van der Waals surface area contributed by atoms with Crippen LogP contribution >= 0.6 is 0 Å². The molecule has 1 saturated heterocycles. The van der Waals surface area contributed by atoms with Gasteiger partial charge in [-0.25, -0.2) is 0 Å². The third-order valence-corrected chi connectivity index (χ3v) is 3.24. The van der Waals surface area contributed by atoms with Crippen LogP contribution < -0.4 is 5.32 Å². The van der Waals surface area contributed by atoms with Crippen LogP contribution in [0.4, 0.5) is 0 Å². The van der Waals surface area contributed by atoms with Crippen LogP contribution in [0.2, 0.25) is 0 Å². The van der Waals surface area contributed by atoms with Crippen LogP contribution in [0.1, 0.15) is 11.1 Å². The Morgan fingerprint density at radius 1 is 1.33 bits per heavy atom. The van der Waals surface area contributed by atoms with Gasteiger partial charge in [-0.3, -0.25) is 0 Å². The molecule has 2 rings (SSSR count). The molecule has 0 spiro atoms. The van der Waals surface area contributed by atoms with E-state index < -0.39 is 0 Å². The third-order valence-electron chi connectivity index (χ3n) is 3.24. The predicted molar refractivity (Wildman–Crippen MR) is 64.2 cm³/mol. The summed E-state index contributed by atoms with van der Waals surface area (Å²) >= 11 is 0. The molecule has 2 nitrogen and oxygen atoms in total. The van der Waals surface area contributed by atoms with Gasteiger partial charge < -0.3 is 10.2 Å². The maximum absolute atomic E-state index is 3.46. The first-order chi connectivity index (χ1) is 7.25. The lowest BCUT2D eigenvalue weighted by molar-refractivity contribution is 0.199. The van der Waals surface area contributed by atoms with Crippen LogP contribution in [-0.2, 0) is 6.42 Å². The Balaban J connectivity index is 1.98. The normalized spacial score (nSPS) is 22.9. The Kier molecular flexibility index (Phi) is 3.39. The van der Waals surface area contributed by atoms with Gasteiger partial charge in [0.1, 0.15) is 0 Å². The van der Waals surface area contributed by atoms with E-state index in [9.17, 15) is 0 Å². The van der Waals surface area contributed by atoms with Crippen LogP contribution in [0.25, 0.3) is 0 Å². The fraction of sp³-hybridized carbons (Fsp3) is 0.538. The summed E-state index contributed by atoms with van der Waals surface area (Å²) in [4.78, 5) is 2.45. The average molecular weight is 204 g/mol. The zero-order chi connectivity index (χ0) is 10.7. The van der Waals surface area contributed by atoms with E-state index in [1.807, 2.05) is 0 Å². The SMILES string of the molecule is Cc1ccc(CC2CNCCN2C)cc1. The molecule has 0 radical (unpaired) electrons. The maximum atomic E-state index is 3.46. The third kappa shape index (κ3) is 2.80. The number of nitrogens with one attached hydrogen (secondary N) is 1. The molecule has 1 aliphatic heterocycles. The van der Waals surface area contributed by atoms with E-state index in [-0.39, 0.29) is 0 Å². The van der Waals surface area contributed by atoms with E-state index in [1.54, 1.807) is 0 Å². The topological polar surface area (TPSA) is 15.3 Å². The molecule has 0 aliphatic carbocycles. The number of hydrogen-bond donors (Lipinski definition) is 1. The number of rotatable bonds is 2. The molecule has 2 heteroatoms. The standard InChI is InChI=1S/C13H20N2/c1-11-3-5-12(6-4-11)9-13-10-14-7-8-15(13)2/h3-6,13-14H,7-10H2,1-2H3. The molecule has 82 valence electrons. The van der Waals surface area contributed by atoms with Gasteiger partial charge >= 0.3 is 0 Å². The molecule has 1 aromatic carbocycles. The van der Waals surface area contributed by atoms with Crippen molar-refractivity contribution >= 4 is 0 Å². The first-order valence-electron chi connectivity index (χ1n) is 5.72. The summed E-state index contributed by atoms with van der Waals surface area (Å²) in [6.07, 6.45) is 1.16. The number of hydrogen-bond acceptors (Lipinski definition) is 2. The Morgan fingerprint density at radius 2 is 2.07 bits per heavy atom. The second-order valence-corrected chi connectivity index (χ2v) is 4.53. The quantitative estimate of drug-likeness (QED) is 0.784. The molecule has 0 amide bonds. The minimum atomic E-state index is 0.654. The van der Waals surface area contributed by atoms with Crippen molar-refractivity contribution in [1.29, 1.82) is 0 Å². The largest absolute Gasteiger partial charge is 0.314 e. The van der Waals surface area contributed by atoms with Gasteiger partial charge in [-0.15, -0.1) is 0 Å². The zero-order valence-electron chi connectivity index (χ0n) is 9.66. The lowest BCUT2D eigenvalue weighted by Crippen LogP contribution is -2.50. The Hall–Kier alpha value is -0.860. The van der Waals surface area contributed by atoms with Crippen LogP contribution in [0, 0.1) is 6.92 Å². The van der Waals surface area contributed by atoms with Gasteiger partial charge in [-0.1, -0.05) is 29.8 Å². The van der Waals surface area contributed by atoms with Gasteiger partial charge in [0.2, 0.25) is 0 Å². The zero-order valence-corrected chi connectivity index (χ0v) is 9.66. The number of nitrogens with zero attached hydrogens (tertiary/aromatic N) is 1. The lowest BCUT2D eigenvalue weighted by atomic mass is 10.0. The van der Waals surface area contributed by atoms with E-state index in [2.05, 4.69) is 48.5 Å². The molecule has 1 heterocycles. The summed E-state index contributed by atoms with van der Waals surface area (Å²) in [5.41, 5.74) is 2.79. The van der Waals surface area contributed by atoms with Gasteiger partial charge in [-0.2, -0.15) is 0 Å². The van der Waals surface area contributed by atoms with E-state index in [4.69, 9.17) is 0 Å². The van der Waals surface area contributed by atoms with Gasteiger partial charge in [0.25, 0.3) is 0 Å². The fourth-order valence-electron chi connectivity index (χ4n) is 2.09. The fourth-order valence-corrected chi connectivity index (χ4v) is 2.09. The van der Waals surface area contributed by atoms with E-state index >= 15 is 0 Å². The minimum Gasteiger partial charge on any atom is -0.314 e. The van der Waals surface area contributed by atoms with Crippen LogP contribution in [0.15, 0.2) is 24.3 Å². The van der Waals surface area contributed by atoms with Crippen molar-refractivity contribution < 1.29 is 0 Å². The molecular weight excluding hydrogens is 184 g/mol. The Labute approximate surface area is 92.3 Å². The Morgan fingerprint density at radius 3 is 2.73 bits per heavy atom.